The minimum Gasteiger partial charge on any atom is -0.270 e. The van der Waals surface area contributed by atoms with E-state index in [4.69, 9.17) is 4.84 Å². The van der Waals surface area contributed by atoms with Crippen molar-refractivity contribution < 1.29 is 9.76 Å². The zero-order chi connectivity index (χ0) is 12.3. The number of nitro groups is 1. The van der Waals surface area contributed by atoms with Crippen molar-refractivity contribution in [2.24, 2.45) is 0 Å². The molecule has 16 heavy (non-hydrogen) atoms. The van der Waals surface area contributed by atoms with Crippen LogP contribution in [0.1, 0.15) is 25.6 Å². The summed E-state index contributed by atoms with van der Waals surface area (Å²) in [5.41, 5.74) is 2.86. The van der Waals surface area contributed by atoms with Crippen LogP contribution in [-0.2, 0) is 4.84 Å². The molecule has 0 aliphatic carbocycles. The van der Waals surface area contributed by atoms with Crippen molar-refractivity contribution in [3.05, 3.63) is 33.7 Å². The fraction of sp³-hybridized carbons (Fsp3) is 0.400. The Bertz CT molecular complexity index is 406. The minimum atomic E-state index is -0.425. The Hall–Kier alpha value is -1.40. The molecule has 0 aromatic carbocycles. The molecule has 0 aliphatic heterocycles. The lowest BCUT2D eigenvalue weighted by molar-refractivity contribution is -0.380. The number of hydrogen-bond acceptors (Lipinski definition) is 5. The molecule has 1 heterocycles. The first-order valence-corrected chi connectivity index (χ1v) is 5.49. The lowest BCUT2D eigenvalue weighted by atomic mass is 10.2. The van der Waals surface area contributed by atoms with Gasteiger partial charge in [-0.3, -0.25) is 20.4 Å². The summed E-state index contributed by atoms with van der Waals surface area (Å²) in [5, 5.41) is 10.6. The van der Waals surface area contributed by atoms with Crippen LogP contribution in [0, 0.1) is 10.1 Å². The lowest BCUT2D eigenvalue weighted by Crippen LogP contribution is -2.27. The molecule has 0 saturated carbocycles. The van der Waals surface area contributed by atoms with Crippen molar-refractivity contribution in [1.82, 2.24) is 5.48 Å². The monoisotopic (exact) mass is 242 g/mol. The summed E-state index contributed by atoms with van der Waals surface area (Å²) < 4.78 is 0. The van der Waals surface area contributed by atoms with Crippen molar-refractivity contribution in [3.63, 3.8) is 0 Å². The van der Waals surface area contributed by atoms with Crippen molar-refractivity contribution >= 4 is 22.0 Å². The summed E-state index contributed by atoms with van der Waals surface area (Å²) in [6.07, 6.45) is 0. The molecule has 0 amide bonds. The molecule has 0 spiro atoms. The Morgan fingerprint density at radius 3 is 2.62 bits per heavy atom. The third kappa shape index (κ3) is 3.63. The van der Waals surface area contributed by atoms with E-state index in [1.807, 2.05) is 20.8 Å². The molecule has 6 heteroatoms. The van der Waals surface area contributed by atoms with Gasteiger partial charge in [-0.05, 0) is 26.8 Å². The molecule has 1 rings (SSSR count). The topological polar surface area (TPSA) is 64.4 Å². The molecule has 0 unspecified atom stereocenters. The molecule has 0 radical (unpaired) electrons. The van der Waals surface area contributed by atoms with Gasteiger partial charge in [-0.2, -0.15) is 0 Å². The standard InChI is InChI=1S/C10H14N2O3S/c1-7(11-15-10(2,3)4)8-5-6-9(16-8)12(13)14/h5-6,11H,1H2,2-4H3. The number of hydrogen-bond donors (Lipinski definition) is 1. The Morgan fingerprint density at radius 2 is 2.19 bits per heavy atom. The second kappa shape index (κ2) is 4.63. The number of thiophene rings is 1. The Kier molecular flexibility index (Phi) is 3.66. The van der Waals surface area contributed by atoms with E-state index in [1.165, 1.54) is 6.07 Å². The van der Waals surface area contributed by atoms with Gasteiger partial charge in [0.05, 0.1) is 21.1 Å². The van der Waals surface area contributed by atoms with Crippen LogP contribution in [0.3, 0.4) is 0 Å². The zero-order valence-corrected chi connectivity index (χ0v) is 10.3. The van der Waals surface area contributed by atoms with Crippen LogP contribution in [0.15, 0.2) is 18.7 Å². The van der Waals surface area contributed by atoms with Crippen LogP contribution < -0.4 is 5.48 Å². The van der Waals surface area contributed by atoms with Gasteiger partial charge in [0.25, 0.3) is 0 Å². The minimum absolute atomic E-state index is 0.0914. The van der Waals surface area contributed by atoms with Gasteiger partial charge in [0, 0.05) is 6.07 Å². The van der Waals surface area contributed by atoms with Crippen LogP contribution in [0.4, 0.5) is 5.00 Å². The molecule has 0 saturated heterocycles. The number of nitrogens with zero attached hydrogens (tertiary/aromatic N) is 1. The Labute approximate surface area is 97.8 Å². The number of hydroxylamine groups is 1. The van der Waals surface area contributed by atoms with E-state index in [0.717, 1.165) is 11.3 Å². The first kappa shape index (κ1) is 12.7. The van der Waals surface area contributed by atoms with Crippen molar-refractivity contribution in [1.29, 1.82) is 0 Å². The fourth-order valence-corrected chi connectivity index (χ4v) is 1.59. The van der Waals surface area contributed by atoms with Gasteiger partial charge in [-0.25, -0.2) is 0 Å². The third-order valence-electron chi connectivity index (χ3n) is 1.55. The highest BCUT2D eigenvalue weighted by Crippen LogP contribution is 2.27. The molecule has 0 fully saturated rings. The van der Waals surface area contributed by atoms with Crippen LogP contribution in [0.5, 0.6) is 0 Å². The molecule has 5 nitrogen and oxygen atoms in total. The highest BCUT2D eigenvalue weighted by Gasteiger charge is 2.14. The Balaban J connectivity index is 2.63. The first-order chi connectivity index (χ1) is 7.29. The van der Waals surface area contributed by atoms with Gasteiger partial charge in [-0.1, -0.05) is 17.9 Å². The number of rotatable bonds is 4. The zero-order valence-electron chi connectivity index (χ0n) is 9.44. The van der Waals surface area contributed by atoms with E-state index in [9.17, 15) is 10.1 Å². The van der Waals surface area contributed by atoms with E-state index in [-0.39, 0.29) is 10.6 Å². The van der Waals surface area contributed by atoms with Gasteiger partial charge >= 0.3 is 5.00 Å². The highest BCUT2D eigenvalue weighted by atomic mass is 32.1. The highest BCUT2D eigenvalue weighted by molar-refractivity contribution is 7.16. The first-order valence-electron chi connectivity index (χ1n) is 4.67. The van der Waals surface area contributed by atoms with Crippen molar-refractivity contribution in [3.8, 4) is 0 Å². The Morgan fingerprint density at radius 1 is 1.56 bits per heavy atom. The van der Waals surface area contributed by atoms with E-state index in [1.54, 1.807) is 6.07 Å². The number of nitrogens with one attached hydrogen (secondary N) is 1. The smallest absolute Gasteiger partial charge is 0.270 e. The molecule has 0 bridgehead atoms. The molecular weight excluding hydrogens is 228 g/mol. The van der Waals surface area contributed by atoms with Gasteiger partial charge < -0.3 is 0 Å². The predicted octanol–water partition coefficient (Wildman–Crippen LogP) is 2.95. The molecule has 88 valence electrons. The van der Waals surface area contributed by atoms with Crippen LogP contribution in [0.2, 0.25) is 0 Å². The van der Waals surface area contributed by atoms with Crippen LogP contribution in [-0.4, -0.2) is 10.5 Å². The van der Waals surface area contributed by atoms with Crippen molar-refractivity contribution in [2.45, 2.75) is 26.4 Å². The van der Waals surface area contributed by atoms with Gasteiger partial charge in [0.2, 0.25) is 0 Å². The maximum Gasteiger partial charge on any atom is 0.324 e. The molecule has 1 aromatic rings. The maximum atomic E-state index is 10.5. The van der Waals surface area contributed by atoms with Crippen molar-refractivity contribution in [2.75, 3.05) is 0 Å². The van der Waals surface area contributed by atoms with Gasteiger partial charge in [0.1, 0.15) is 0 Å². The van der Waals surface area contributed by atoms with Gasteiger partial charge in [-0.15, -0.1) is 0 Å². The summed E-state index contributed by atoms with van der Waals surface area (Å²) in [5.74, 6) is 0. The average molecular weight is 242 g/mol. The van der Waals surface area contributed by atoms with E-state index in [0.29, 0.717) is 10.6 Å². The molecule has 1 aromatic heterocycles. The van der Waals surface area contributed by atoms with E-state index in [2.05, 4.69) is 12.1 Å². The second-order valence-corrected chi connectivity index (χ2v) is 5.25. The van der Waals surface area contributed by atoms with Crippen LogP contribution >= 0.6 is 11.3 Å². The van der Waals surface area contributed by atoms with Crippen LogP contribution in [0.25, 0.3) is 5.70 Å². The average Bonchev–Trinajstić information content (AvgIpc) is 2.61. The van der Waals surface area contributed by atoms with Gasteiger partial charge in [0.15, 0.2) is 0 Å². The van der Waals surface area contributed by atoms with E-state index >= 15 is 0 Å². The third-order valence-corrected chi connectivity index (χ3v) is 2.65. The molecule has 0 atom stereocenters. The second-order valence-electron chi connectivity index (χ2n) is 4.19. The molecular formula is C10H14N2O3S. The normalized spacial score (nSPS) is 11.2. The predicted molar refractivity (Wildman–Crippen MR) is 64.0 cm³/mol. The largest absolute Gasteiger partial charge is 0.324 e. The summed E-state index contributed by atoms with van der Waals surface area (Å²) >= 11 is 1.06. The van der Waals surface area contributed by atoms with E-state index < -0.39 is 4.92 Å². The SMILES string of the molecule is C=C(NOC(C)(C)C)c1ccc([N+](=O)[O-])s1. The quantitative estimate of drug-likeness (QED) is 0.651. The molecule has 0 aliphatic rings. The summed E-state index contributed by atoms with van der Waals surface area (Å²) in [4.78, 5) is 16.1. The summed E-state index contributed by atoms with van der Waals surface area (Å²) in [6.45, 7) is 9.43. The summed E-state index contributed by atoms with van der Waals surface area (Å²) in [7, 11) is 0. The fourth-order valence-electron chi connectivity index (χ4n) is 0.853. The molecule has 1 N–H and O–H groups in total. The lowest BCUT2D eigenvalue weighted by Gasteiger charge is -2.20. The summed E-state index contributed by atoms with van der Waals surface area (Å²) in [6, 6.07) is 3.09. The maximum absolute atomic E-state index is 10.5.